The lowest BCUT2D eigenvalue weighted by molar-refractivity contribution is -0.136. The van der Waals surface area contributed by atoms with Crippen LogP contribution in [-0.2, 0) is 22.7 Å². The number of hydrogen-bond donors (Lipinski definition) is 3. The van der Waals surface area contributed by atoms with Gasteiger partial charge in [0.1, 0.15) is 6.04 Å². The van der Waals surface area contributed by atoms with E-state index in [1.54, 1.807) is 4.90 Å². The molecule has 4 rings (SSSR count). The van der Waals surface area contributed by atoms with Gasteiger partial charge >= 0.3 is 0 Å². The quantitative estimate of drug-likeness (QED) is 0.677. The molecule has 1 aromatic carbocycles. The van der Waals surface area contributed by atoms with Crippen molar-refractivity contribution >= 4 is 17.7 Å². The molecular formula is C21H28N4O3. The number of fused-ring (bicyclic) bond motifs is 1. The highest BCUT2D eigenvalue weighted by molar-refractivity contribution is 6.05. The predicted octanol–water partition coefficient (Wildman–Crippen LogP) is 1.20. The highest BCUT2D eigenvalue weighted by atomic mass is 16.2. The Morgan fingerprint density at radius 1 is 1.21 bits per heavy atom. The molecule has 4 N–H and O–H groups in total. The molecule has 1 aliphatic carbocycles. The maximum Gasteiger partial charge on any atom is 0.255 e. The van der Waals surface area contributed by atoms with Crippen LogP contribution in [0.25, 0.3) is 0 Å². The van der Waals surface area contributed by atoms with Crippen molar-refractivity contribution in [1.82, 2.24) is 15.5 Å². The Morgan fingerprint density at radius 2 is 1.96 bits per heavy atom. The lowest BCUT2D eigenvalue weighted by Gasteiger charge is -2.34. The van der Waals surface area contributed by atoms with Crippen LogP contribution >= 0.6 is 0 Å². The van der Waals surface area contributed by atoms with Crippen molar-refractivity contribution in [3.05, 3.63) is 34.9 Å². The summed E-state index contributed by atoms with van der Waals surface area (Å²) in [5.41, 5.74) is 8.92. The molecule has 1 saturated heterocycles. The summed E-state index contributed by atoms with van der Waals surface area (Å²) in [5, 5.41) is 5.97. The van der Waals surface area contributed by atoms with Crippen molar-refractivity contribution in [3.8, 4) is 0 Å². The Balaban J connectivity index is 1.44. The van der Waals surface area contributed by atoms with Gasteiger partial charge in [0.05, 0.1) is 0 Å². The summed E-state index contributed by atoms with van der Waals surface area (Å²) in [7, 11) is 0. The maximum absolute atomic E-state index is 12.9. The van der Waals surface area contributed by atoms with Crippen molar-refractivity contribution in [2.45, 2.75) is 76.2 Å². The van der Waals surface area contributed by atoms with Gasteiger partial charge in [-0.1, -0.05) is 12.1 Å². The van der Waals surface area contributed by atoms with E-state index in [-0.39, 0.29) is 29.7 Å². The number of piperidine rings is 1. The molecule has 0 aromatic heterocycles. The number of amides is 3. The Bertz CT molecular complexity index is 810. The minimum Gasteiger partial charge on any atom is -0.325 e. The van der Waals surface area contributed by atoms with Gasteiger partial charge in [0.15, 0.2) is 0 Å². The first-order chi connectivity index (χ1) is 13.3. The third-order valence-corrected chi connectivity index (χ3v) is 6.39. The second-order valence-corrected chi connectivity index (χ2v) is 8.65. The van der Waals surface area contributed by atoms with Gasteiger partial charge in [0, 0.05) is 36.7 Å². The molecule has 2 heterocycles. The van der Waals surface area contributed by atoms with Crippen LogP contribution in [0.5, 0.6) is 0 Å². The monoisotopic (exact) mass is 384 g/mol. The Hall–Kier alpha value is -2.25. The van der Waals surface area contributed by atoms with Crippen LogP contribution in [0, 0.1) is 0 Å². The lowest BCUT2D eigenvalue weighted by Crippen LogP contribution is -2.52. The van der Waals surface area contributed by atoms with E-state index in [9.17, 15) is 14.4 Å². The van der Waals surface area contributed by atoms with Crippen molar-refractivity contribution in [3.63, 3.8) is 0 Å². The molecule has 2 fully saturated rings. The minimum absolute atomic E-state index is 0.0545. The van der Waals surface area contributed by atoms with Gasteiger partial charge in [-0.05, 0) is 56.2 Å². The third-order valence-electron chi connectivity index (χ3n) is 6.39. The average molecular weight is 384 g/mol. The zero-order valence-electron chi connectivity index (χ0n) is 16.3. The molecule has 2 aliphatic heterocycles. The number of benzene rings is 1. The summed E-state index contributed by atoms with van der Waals surface area (Å²) in [4.78, 5) is 38.1. The van der Waals surface area contributed by atoms with Crippen LogP contribution in [-0.4, -0.2) is 40.2 Å². The van der Waals surface area contributed by atoms with Gasteiger partial charge in [-0.25, -0.2) is 0 Å². The summed E-state index contributed by atoms with van der Waals surface area (Å²) in [5.74, 6) is -0.761. The summed E-state index contributed by atoms with van der Waals surface area (Å²) in [6.07, 6.45) is 4.80. The number of carbonyl (C=O) groups excluding carboxylic acids is 3. The van der Waals surface area contributed by atoms with E-state index in [0.29, 0.717) is 31.1 Å². The fourth-order valence-corrected chi connectivity index (χ4v) is 4.55. The minimum atomic E-state index is -0.570. The first kappa shape index (κ1) is 19.1. The Morgan fingerprint density at radius 3 is 2.68 bits per heavy atom. The molecule has 3 aliphatic rings. The van der Waals surface area contributed by atoms with Crippen molar-refractivity contribution < 1.29 is 14.4 Å². The fourth-order valence-electron chi connectivity index (χ4n) is 4.55. The molecule has 7 heteroatoms. The van der Waals surface area contributed by atoms with Crippen molar-refractivity contribution in [1.29, 1.82) is 0 Å². The van der Waals surface area contributed by atoms with Crippen LogP contribution in [0.4, 0.5) is 0 Å². The molecule has 0 bridgehead atoms. The molecular weight excluding hydrogens is 356 g/mol. The van der Waals surface area contributed by atoms with Crippen LogP contribution in [0.3, 0.4) is 0 Å². The van der Waals surface area contributed by atoms with Crippen molar-refractivity contribution in [2.75, 3.05) is 0 Å². The van der Waals surface area contributed by atoms with E-state index in [1.807, 2.05) is 18.2 Å². The number of rotatable bonds is 4. The summed E-state index contributed by atoms with van der Waals surface area (Å²) < 4.78 is 0. The number of nitrogens with two attached hydrogens (primary N) is 1. The molecule has 1 saturated carbocycles. The smallest absolute Gasteiger partial charge is 0.255 e. The molecule has 28 heavy (non-hydrogen) atoms. The zero-order valence-corrected chi connectivity index (χ0v) is 16.3. The molecule has 7 nitrogen and oxygen atoms in total. The Labute approximate surface area is 165 Å². The van der Waals surface area contributed by atoms with Gasteiger partial charge in [-0.15, -0.1) is 0 Å². The van der Waals surface area contributed by atoms with Crippen molar-refractivity contribution in [2.24, 2.45) is 5.73 Å². The molecule has 1 aromatic rings. The second-order valence-electron chi connectivity index (χ2n) is 8.65. The number of imide groups is 1. The molecule has 0 radical (unpaired) electrons. The van der Waals surface area contributed by atoms with E-state index in [1.165, 1.54) is 0 Å². The van der Waals surface area contributed by atoms with E-state index in [4.69, 9.17) is 5.73 Å². The van der Waals surface area contributed by atoms with Gasteiger partial charge in [-0.3, -0.25) is 19.7 Å². The number of nitrogens with one attached hydrogen (secondary N) is 2. The summed E-state index contributed by atoms with van der Waals surface area (Å²) in [6.45, 7) is 3.23. The van der Waals surface area contributed by atoms with Crippen LogP contribution in [0.15, 0.2) is 18.2 Å². The van der Waals surface area contributed by atoms with E-state index < -0.39 is 6.04 Å². The lowest BCUT2D eigenvalue weighted by atomic mass is 9.81. The molecule has 1 unspecified atom stereocenters. The van der Waals surface area contributed by atoms with Crippen LogP contribution < -0.4 is 16.4 Å². The molecule has 150 valence electrons. The van der Waals surface area contributed by atoms with E-state index >= 15 is 0 Å². The number of hydrogen-bond acceptors (Lipinski definition) is 5. The van der Waals surface area contributed by atoms with Gasteiger partial charge in [-0.2, -0.15) is 0 Å². The number of nitrogens with zero attached hydrogens (tertiary/aromatic N) is 1. The second kappa shape index (κ2) is 7.29. The van der Waals surface area contributed by atoms with Gasteiger partial charge in [0.25, 0.3) is 5.91 Å². The predicted molar refractivity (Wildman–Crippen MR) is 104 cm³/mol. The molecule has 0 spiro atoms. The largest absolute Gasteiger partial charge is 0.325 e. The fraction of sp³-hybridized carbons (Fsp3) is 0.571. The first-order valence-electron chi connectivity index (χ1n) is 10.1. The standard InChI is InChI=1S/C21H28N4O3/c1-21(22)9-7-14(8-10-21)23-11-13-3-2-4-15-16(13)12-25(20(15)28)17-5-6-18(26)24-19(17)27/h2-4,14,17,23H,5-12,22H2,1H3,(H,24,26,27). The topological polar surface area (TPSA) is 105 Å². The van der Waals surface area contributed by atoms with Gasteiger partial charge in [0.2, 0.25) is 11.8 Å². The molecule has 3 amide bonds. The average Bonchev–Trinajstić information content (AvgIpc) is 2.98. The maximum atomic E-state index is 12.9. The highest BCUT2D eigenvalue weighted by Gasteiger charge is 2.39. The Kier molecular flexibility index (Phi) is 4.97. The van der Waals surface area contributed by atoms with E-state index in [0.717, 1.165) is 36.8 Å². The van der Waals surface area contributed by atoms with Gasteiger partial charge < -0.3 is 16.0 Å². The first-order valence-corrected chi connectivity index (χ1v) is 10.1. The SMILES string of the molecule is CC1(N)CCC(NCc2cccc3c2CN(C2CCC(=O)NC2=O)C3=O)CC1. The summed E-state index contributed by atoms with van der Waals surface area (Å²) in [6, 6.07) is 5.64. The third kappa shape index (κ3) is 3.69. The number of carbonyl (C=O) groups is 3. The summed E-state index contributed by atoms with van der Waals surface area (Å²) >= 11 is 0. The van der Waals surface area contributed by atoms with Crippen LogP contribution in [0.1, 0.15) is 66.9 Å². The van der Waals surface area contributed by atoms with E-state index in [2.05, 4.69) is 17.6 Å². The highest BCUT2D eigenvalue weighted by Crippen LogP contribution is 2.30. The normalized spacial score (nSPS) is 30.4. The van der Waals surface area contributed by atoms with Crippen LogP contribution in [0.2, 0.25) is 0 Å². The molecule has 1 atom stereocenters. The zero-order chi connectivity index (χ0) is 19.9.